The number of para-hydroxylation sites is 1. The maximum atomic E-state index is 12.9. The number of fused-ring (bicyclic) bond motifs is 1. The number of benzene rings is 2. The molecule has 1 aliphatic rings. The fourth-order valence-electron chi connectivity index (χ4n) is 4.79. The minimum atomic E-state index is -0.180. The lowest BCUT2D eigenvalue weighted by Gasteiger charge is -2.33. The summed E-state index contributed by atoms with van der Waals surface area (Å²) in [7, 11) is 0. The van der Waals surface area contributed by atoms with Crippen molar-refractivity contribution in [2.24, 2.45) is 11.8 Å². The van der Waals surface area contributed by atoms with Crippen molar-refractivity contribution in [2.45, 2.75) is 38.0 Å². The Bertz CT molecular complexity index is 992. The largest absolute Gasteiger partial charge is 0.396 e. The van der Waals surface area contributed by atoms with Crippen molar-refractivity contribution in [3.8, 4) is 0 Å². The van der Waals surface area contributed by atoms with E-state index in [4.69, 9.17) is 11.6 Å². The second-order valence-electron chi connectivity index (χ2n) is 8.14. The highest BCUT2D eigenvalue weighted by atomic mass is 35.5. The highest BCUT2D eigenvalue weighted by molar-refractivity contribution is 6.30. The monoisotopic (exact) mass is 422 g/mol. The standard InChI is InChI=1S/C25H27ClN2O2/c26-19-9-11-20(12-10-19)28-25(30)22(14-16-29)18-7-5-17(6-8-18)21-13-15-27-24-4-2-1-3-23(21)24/h1-4,9-13,15,17-18,22,29H,5-8,14,16H2,(H,28,30). The Balaban J connectivity index is 1.44. The lowest BCUT2D eigenvalue weighted by molar-refractivity contribution is -0.122. The molecule has 5 heteroatoms. The molecule has 2 N–H and O–H groups in total. The van der Waals surface area contributed by atoms with E-state index >= 15 is 0 Å². The van der Waals surface area contributed by atoms with E-state index in [9.17, 15) is 9.90 Å². The number of rotatable bonds is 6. The fourth-order valence-corrected chi connectivity index (χ4v) is 4.92. The topological polar surface area (TPSA) is 62.2 Å². The minimum Gasteiger partial charge on any atom is -0.396 e. The first-order valence-electron chi connectivity index (χ1n) is 10.7. The van der Waals surface area contributed by atoms with Crippen molar-refractivity contribution in [1.29, 1.82) is 0 Å². The van der Waals surface area contributed by atoms with E-state index in [1.165, 1.54) is 10.9 Å². The summed E-state index contributed by atoms with van der Waals surface area (Å²) in [6.07, 6.45) is 6.47. The molecule has 156 valence electrons. The van der Waals surface area contributed by atoms with Gasteiger partial charge in [-0.2, -0.15) is 0 Å². The number of aromatic nitrogens is 1. The van der Waals surface area contributed by atoms with Gasteiger partial charge in [0.05, 0.1) is 5.52 Å². The quantitative estimate of drug-likeness (QED) is 0.527. The smallest absolute Gasteiger partial charge is 0.227 e. The van der Waals surface area contributed by atoms with E-state index in [2.05, 4.69) is 34.6 Å². The number of carbonyl (C=O) groups excluding carboxylic acids is 1. The molecule has 1 unspecified atom stereocenters. The zero-order valence-corrected chi connectivity index (χ0v) is 17.7. The molecule has 0 radical (unpaired) electrons. The van der Waals surface area contributed by atoms with Gasteiger partial charge in [0.2, 0.25) is 5.91 Å². The molecular formula is C25H27ClN2O2. The predicted octanol–water partition coefficient (Wildman–Crippen LogP) is 5.80. The van der Waals surface area contributed by atoms with Gasteiger partial charge in [0, 0.05) is 34.8 Å². The number of carbonyl (C=O) groups is 1. The number of halogens is 1. The Kier molecular flexibility index (Phi) is 6.66. The van der Waals surface area contributed by atoms with E-state index < -0.39 is 0 Å². The van der Waals surface area contributed by atoms with Crippen molar-refractivity contribution < 1.29 is 9.90 Å². The van der Waals surface area contributed by atoms with Gasteiger partial charge in [-0.1, -0.05) is 29.8 Å². The fraction of sp³-hybridized carbons (Fsp3) is 0.360. The van der Waals surface area contributed by atoms with Crippen LogP contribution in [0.3, 0.4) is 0 Å². The van der Waals surface area contributed by atoms with Gasteiger partial charge in [0.1, 0.15) is 0 Å². The Morgan fingerprint density at radius 1 is 1.07 bits per heavy atom. The molecule has 0 spiro atoms. The number of amides is 1. The van der Waals surface area contributed by atoms with Crippen molar-refractivity contribution in [2.75, 3.05) is 11.9 Å². The first kappa shape index (κ1) is 20.8. The SMILES string of the molecule is O=C(Nc1ccc(Cl)cc1)C(CCO)C1CCC(c2ccnc3ccccc23)CC1. The Morgan fingerprint density at radius 3 is 2.53 bits per heavy atom. The minimum absolute atomic E-state index is 0.0100. The third kappa shape index (κ3) is 4.66. The van der Waals surface area contributed by atoms with E-state index in [1.54, 1.807) is 12.1 Å². The van der Waals surface area contributed by atoms with Gasteiger partial charge in [-0.3, -0.25) is 9.78 Å². The van der Waals surface area contributed by atoms with E-state index in [-0.39, 0.29) is 24.3 Å². The number of aliphatic hydroxyl groups is 1. The summed E-state index contributed by atoms with van der Waals surface area (Å²) in [5.41, 5.74) is 3.14. The molecule has 1 fully saturated rings. The van der Waals surface area contributed by atoms with Crippen LogP contribution in [0.2, 0.25) is 5.02 Å². The molecule has 1 saturated carbocycles. The Hall–Kier alpha value is -2.43. The van der Waals surface area contributed by atoms with Crippen LogP contribution in [0.4, 0.5) is 5.69 Å². The van der Waals surface area contributed by atoms with E-state index in [0.717, 1.165) is 36.9 Å². The number of hydrogen-bond donors (Lipinski definition) is 2. The zero-order valence-electron chi connectivity index (χ0n) is 16.9. The number of nitrogens with one attached hydrogen (secondary N) is 1. The number of pyridine rings is 1. The van der Waals surface area contributed by atoms with Gasteiger partial charge in [-0.25, -0.2) is 0 Å². The zero-order chi connectivity index (χ0) is 20.9. The van der Waals surface area contributed by atoms with Crippen LogP contribution in [0.5, 0.6) is 0 Å². The van der Waals surface area contributed by atoms with E-state index in [0.29, 0.717) is 17.4 Å². The Morgan fingerprint density at radius 2 is 1.80 bits per heavy atom. The lowest BCUT2D eigenvalue weighted by atomic mass is 9.72. The summed E-state index contributed by atoms with van der Waals surface area (Å²) in [5.74, 6) is 0.585. The summed E-state index contributed by atoms with van der Waals surface area (Å²) >= 11 is 5.93. The van der Waals surface area contributed by atoms with Crippen LogP contribution in [0.25, 0.3) is 10.9 Å². The molecule has 1 heterocycles. The number of anilines is 1. The van der Waals surface area contributed by atoms with Crippen LogP contribution in [0.15, 0.2) is 60.8 Å². The van der Waals surface area contributed by atoms with Crippen molar-refractivity contribution >= 4 is 34.1 Å². The molecule has 30 heavy (non-hydrogen) atoms. The maximum Gasteiger partial charge on any atom is 0.227 e. The summed E-state index contributed by atoms with van der Waals surface area (Å²) in [5, 5.41) is 14.4. The molecule has 1 atom stereocenters. The first-order valence-corrected chi connectivity index (χ1v) is 11.0. The summed E-state index contributed by atoms with van der Waals surface area (Å²) in [6, 6.07) is 17.6. The number of hydrogen-bond acceptors (Lipinski definition) is 3. The van der Waals surface area contributed by atoms with Gasteiger partial charge in [0.15, 0.2) is 0 Å². The van der Waals surface area contributed by atoms with Crippen LogP contribution in [0, 0.1) is 11.8 Å². The molecule has 1 aliphatic carbocycles. The second kappa shape index (κ2) is 9.59. The molecular weight excluding hydrogens is 396 g/mol. The van der Waals surface area contributed by atoms with Gasteiger partial charge in [-0.05, 0) is 85.9 Å². The van der Waals surface area contributed by atoms with Crippen molar-refractivity contribution in [3.05, 3.63) is 71.4 Å². The third-order valence-corrected chi connectivity index (χ3v) is 6.60. The molecule has 0 bridgehead atoms. The summed E-state index contributed by atoms with van der Waals surface area (Å²) in [4.78, 5) is 17.4. The normalized spacial score (nSPS) is 20.1. The number of aliphatic hydroxyl groups excluding tert-OH is 1. The van der Waals surface area contributed by atoms with Crippen LogP contribution >= 0.6 is 11.6 Å². The van der Waals surface area contributed by atoms with Crippen LogP contribution in [-0.2, 0) is 4.79 Å². The molecule has 0 aliphatic heterocycles. The van der Waals surface area contributed by atoms with Gasteiger partial charge in [-0.15, -0.1) is 0 Å². The third-order valence-electron chi connectivity index (χ3n) is 6.35. The van der Waals surface area contributed by atoms with Crippen LogP contribution in [-0.4, -0.2) is 22.6 Å². The average Bonchev–Trinajstić information content (AvgIpc) is 2.79. The molecule has 3 aromatic rings. The highest BCUT2D eigenvalue weighted by Gasteiger charge is 2.32. The van der Waals surface area contributed by atoms with Crippen molar-refractivity contribution in [3.63, 3.8) is 0 Å². The van der Waals surface area contributed by atoms with Crippen molar-refractivity contribution in [1.82, 2.24) is 4.98 Å². The van der Waals surface area contributed by atoms with E-state index in [1.807, 2.05) is 24.4 Å². The predicted molar refractivity (Wildman–Crippen MR) is 122 cm³/mol. The molecule has 4 rings (SSSR count). The molecule has 2 aromatic carbocycles. The average molecular weight is 423 g/mol. The first-order chi connectivity index (χ1) is 14.7. The summed E-state index contributed by atoms with van der Waals surface area (Å²) < 4.78 is 0. The van der Waals surface area contributed by atoms with Gasteiger partial charge >= 0.3 is 0 Å². The molecule has 4 nitrogen and oxygen atoms in total. The van der Waals surface area contributed by atoms with Gasteiger partial charge < -0.3 is 10.4 Å². The lowest BCUT2D eigenvalue weighted by Crippen LogP contribution is -2.32. The molecule has 0 saturated heterocycles. The molecule has 1 aromatic heterocycles. The number of nitrogens with zero attached hydrogens (tertiary/aromatic N) is 1. The maximum absolute atomic E-state index is 12.9. The molecule has 1 amide bonds. The summed E-state index contributed by atoms with van der Waals surface area (Å²) in [6.45, 7) is 0.0215. The van der Waals surface area contributed by atoms with Gasteiger partial charge in [0.25, 0.3) is 0 Å². The Labute approximate surface area is 182 Å². The van der Waals surface area contributed by atoms with Crippen LogP contribution in [0.1, 0.15) is 43.6 Å². The second-order valence-corrected chi connectivity index (χ2v) is 8.58. The van der Waals surface area contributed by atoms with Crippen LogP contribution < -0.4 is 5.32 Å². The highest BCUT2D eigenvalue weighted by Crippen LogP contribution is 2.41.